The van der Waals surface area contributed by atoms with E-state index in [1.165, 1.54) is 6.07 Å². The standard InChI is InChI=1S/C14H17NO3/c16-12-2-1-11-10(13(12)17)5-8-18-14(11)9-3-6-15-7-4-9/h1-2,5,8-9,14-17H,3-4,6-7H2. The molecule has 4 heteroatoms. The molecule has 1 saturated heterocycles. The first kappa shape index (κ1) is 11.4. The molecule has 18 heavy (non-hydrogen) atoms. The highest BCUT2D eigenvalue weighted by Crippen LogP contribution is 2.43. The van der Waals surface area contributed by atoms with E-state index in [9.17, 15) is 10.2 Å². The van der Waals surface area contributed by atoms with Gasteiger partial charge in [-0.1, -0.05) is 6.07 Å². The lowest BCUT2D eigenvalue weighted by Crippen LogP contribution is -2.32. The van der Waals surface area contributed by atoms with Gasteiger partial charge in [0.1, 0.15) is 6.10 Å². The Morgan fingerprint density at radius 1 is 1.17 bits per heavy atom. The van der Waals surface area contributed by atoms with Crippen molar-refractivity contribution in [2.75, 3.05) is 13.1 Å². The summed E-state index contributed by atoms with van der Waals surface area (Å²) in [4.78, 5) is 0. The number of piperidine rings is 1. The summed E-state index contributed by atoms with van der Waals surface area (Å²) in [6.45, 7) is 2.02. The van der Waals surface area contributed by atoms with Gasteiger partial charge in [-0.25, -0.2) is 0 Å². The van der Waals surface area contributed by atoms with E-state index in [1.54, 1.807) is 12.3 Å². The number of rotatable bonds is 1. The van der Waals surface area contributed by atoms with Crippen LogP contribution in [0.3, 0.4) is 0 Å². The van der Waals surface area contributed by atoms with Gasteiger partial charge in [0.05, 0.1) is 6.26 Å². The van der Waals surface area contributed by atoms with Crippen molar-refractivity contribution in [2.45, 2.75) is 18.9 Å². The van der Waals surface area contributed by atoms with Crippen LogP contribution in [-0.4, -0.2) is 23.3 Å². The van der Waals surface area contributed by atoms with Gasteiger partial charge in [-0.3, -0.25) is 0 Å². The number of phenolic OH excluding ortho intramolecular Hbond substituents is 2. The number of ether oxygens (including phenoxy) is 1. The zero-order chi connectivity index (χ0) is 12.5. The Balaban J connectivity index is 1.96. The van der Waals surface area contributed by atoms with Crippen LogP contribution in [0.15, 0.2) is 18.4 Å². The fourth-order valence-corrected chi connectivity index (χ4v) is 2.81. The van der Waals surface area contributed by atoms with Gasteiger partial charge in [0.2, 0.25) is 0 Å². The second-order valence-electron chi connectivity index (χ2n) is 4.88. The van der Waals surface area contributed by atoms with Gasteiger partial charge in [0.25, 0.3) is 0 Å². The Labute approximate surface area is 106 Å². The third kappa shape index (κ3) is 1.82. The molecule has 1 fully saturated rings. The minimum atomic E-state index is -0.0793. The van der Waals surface area contributed by atoms with Gasteiger partial charge in [-0.05, 0) is 38.1 Å². The van der Waals surface area contributed by atoms with Crippen LogP contribution in [0.25, 0.3) is 6.08 Å². The smallest absolute Gasteiger partial charge is 0.165 e. The molecule has 1 atom stereocenters. The third-order valence-electron chi connectivity index (χ3n) is 3.81. The van der Waals surface area contributed by atoms with Crippen molar-refractivity contribution in [1.82, 2.24) is 5.32 Å². The number of aromatic hydroxyl groups is 2. The highest BCUT2D eigenvalue weighted by molar-refractivity contribution is 5.66. The van der Waals surface area contributed by atoms with Crippen LogP contribution in [0.1, 0.15) is 30.1 Å². The average Bonchev–Trinajstić information content (AvgIpc) is 2.43. The predicted molar refractivity (Wildman–Crippen MR) is 68.2 cm³/mol. The van der Waals surface area contributed by atoms with E-state index < -0.39 is 0 Å². The molecule has 1 aromatic rings. The molecule has 96 valence electrons. The summed E-state index contributed by atoms with van der Waals surface area (Å²) in [5.41, 5.74) is 1.66. The van der Waals surface area contributed by atoms with Crippen molar-refractivity contribution in [3.63, 3.8) is 0 Å². The zero-order valence-corrected chi connectivity index (χ0v) is 10.1. The van der Waals surface area contributed by atoms with Gasteiger partial charge >= 0.3 is 0 Å². The fourth-order valence-electron chi connectivity index (χ4n) is 2.81. The second kappa shape index (κ2) is 4.53. The van der Waals surface area contributed by atoms with E-state index in [-0.39, 0.29) is 17.6 Å². The molecule has 0 radical (unpaired) electrons. The van der Waals surface area contributed by atoms with Crippen LogP contribution >= 0.6 is 0 Å². The normalized spacial score (nSPS) is 23.4. The minimum absolute atomic E-state index is 0.0152. The lowest BCUT2D eigenvalue weighted by Gasteiger charge is -2.33. The van der Waals surface area contributed by atoms with Crippen LogP contribution in [0, 0.1) is 5.92 Å². The SMILES string of the molecule is Oc1ccc2c(c1O)C=COC2C1CCNCC1. The number of benzene rings is 1. The van der Waals surface area contributed by atoms with Gasteiger partial charge in [-0.2, -0.15) is 0 Å². The monoisotopic (exact) mass is 247 g/mol. The van der Waals surface area contributed by atoms with Crippen molar-refractivity contribution < 1.29 is 14.9 Å². The van der Waals surface area contributed by atoms with E-state index in [0.717, 1.165) is 31.5 Å². The second-order valence-corrected chi connectivity index (χ2v) is 4.88. The molecule has 0 saturated carbocycles. The molecule has 1 aromatic carbocycles. The maximum Gasteiger partial charge on any atom is 0.165 e. The Kier molecular flexibility index (Phi) is 2.88. The summed E-state index contributed by atoms with van der Waals surface area (Å²) in [5.74, 6) is 0.328. The molecule has 0 bridgehead atoms. The van der Waals surface area contributed by atoms with Crippen molar-refractivity contribution in [2.24, 2.45) is 5.92 Å². The maximum absolute atomic E-state index is 9.89. The molecule has 0 aliphatic carbocycles. The van der Waals surface area contributed by atoms with Gasteiger partial charge in [0, 0.05) is 17.0 Å². The van der Waals surface area contributed by atoms with Crippen molar-refractivity contribution in [1.29, 1.82) is 0 Å². The molecule has 3 rings (SSSR count). The number of hydrogen-bond acceptors (Lipinski definition) is 4. The van der Waals surface area contributed by atoms with Crippen LogP contribution in [0.2, 0.25) is 0 Å². The van der Waals surface area contributed by atoms with Crippen LogP contribution in [-0.2, 0) is 4.74 Å². The lowest BCUT2D eigenvalue weighted by molar-refractivity contribution is 0.0672. The molecule has 2 aliphatic heterocycles. The highest BCUT2D eigenvalue weighted by atomic mass is 16.5. The first-order valence-corrected chi connectivity index (χ1v) is 6.35. The van der Waals surface area contributed by atoms with Crippen LogP contribution in [0.4, 0.5) is 0 Å². The minimum Gasteiger partial charge on any atom is -0.504 e. The van der Waals surface area contributed by atoms with E-state index in [2.05, 4.69) is 5.32 Å². The van der Waals surface area contributed by atoms with E-state index in [4.69, 9.17) is 4.74 Å². The Bertz CT molecular complexity index is 478. The zero-order valence-electron chi connectivity index (χ0n) is 10.1. The molecular formula is C14H17NO3. The predicted octanol–water partition coefficient (Wildman–Crippen LogP) is 2.14. The molecule has 0 spiro atoms. The molecule has 3 N–H and O–H groups in total. The quantitative estimate of drug-likeness (QED) is 0.665. The summed E-state index contributed by atoms with van der Waals surface area (Å²) >= 11 is 0. The first-order chi connectivity index (χ1) is 8.77. The molecule has 4 nitrogen and oxygen atoms in total. The lowest BCUT2D eigenvalue weighted by atomic mass is 9.85. The fraction of sp³-hybridized carbons (Fsp3) is 0.429. The summed E-state index contributed by atoms with van der Waals surface area (Å²) in [6, 6.07) is 3.38. The van der Waals surface area contributed by atoms with Gasteiger partial charge in [0.15, 0.2) is 11.5 Å². The molecule has 0 amide bonds. The maximum atomic E-state index is 9.89. The molecule has 0 aromatic heterocycles. The molecule has 2 heterocycles. The van der Waals surface area contributed by atoms with Crippen molar-refractivity contribution in [3.8, 4) is 11.5 Å². The number of hydrogen-bond donors (Lipinski definition) is 3. The summed E-state index contributed by atoms with van der Waals surface area (Å²) in [7, 11) is 0. The summed E-state index contributed by atoms with van der Waals surface area (Å²) in [6.07, 6.45) is 5.45. The van der Waals surface area contributed by atoms with Crippen molar-refractivity contribution in [3.05, 3.63) is 29.5 Å². The Morgan fingerprint density at radius 3 is 2.72 bits per heavy atom. The number of phenols is 2. The third-order valence-corrected chi connectivity index (χ3v) is 3.81. The number of fused-ring (bicyclic) bond motifs is 1. The van der Waals surface area contributed by atoms with E-state index in [0.29, 0.717) is 11.5 Å². The van der Waals surface area contributed by atoms with E-state index >= 15 is 0 Å². The Hall–Kier alpha value is -1.68. The largest absolute Gasteiger partial charge is 0.504 e. The Morgan fingerprint density at radius 2 is 1.94 bits per heavy atom. The molecule has 1 unspecified atom stereocenters. The van der Waals surface area contributed by atoms with Gasteiger partial charge in [-0.15, -0.1) is 0 Å². The number of nitrogens with one attached hydrogen (secondary N) is 1. The van der Waals surface area contributed by atoms with Crippen LogP contribution < -0.4 is 5.32 Å². The highest BCUT2D eigenvalue weighted by Gasteiger charge is 2.30. The van der Waals surface area contributed by atoms with Crippen LogP contribution in [0.5, 0.6) is 11.5 Å². The first-order valence-electron chi connectivity index (χ1n) is 6.35. The topological polar surface area (TPSA) is 61.7 Å². The average molecular weight is 247 g/mol. The van der Waals surface area contributed by atoms with E-state index in [1.807, 2.05) is 6.07 Å². The molecular weight excluding hydrogens is 230 g/mol. The van der Waals surface area contributed by atoms with Crippen molar-refractivity contribution >= 4 is 6.08 Å². The molecule has 2 aliphatic rings. The summed E-state index contributed by atoms with van der Waals surface area (Å²) in [5, 5.41) is 22.8. The summed E-state index contributed by atoms with van der Waals surface area (Å²) < 4.78 is 5.74. The van der Waals surface area contributed by atoms with Gasteiger partial charge < -0.3 is 20.3 Å².